The van der Waals surface area contributed by atoms with Crippen LogP contribution in [0.4, 0.5) is 8.78 Å². The van der Waals surface area contributed by atoms with Crippen molar-refractivity contribution in [1.29, 1.82) is 0 Å². The molecule has 0 spiro atoms. The average molecular weight is 281 g/mol. The molecule has 108 valence electrons. The third-order valence-electron chi connectivity index (χ3n) is 2.81. The summed E-state index contributed by atoms with van der Waals surface area (Å²) in [6, 6.07) is 2.99. The zero-order valence-corrected chi connectivity index (χ0v) is 11.4. The molecule has 2 rings (SSSR count). The molecule has 0 aliphatic carbocycles. The van der Waals surface area contributed by atoms with E-state index in [0.29, 0.717) is 23.2 Å². The minimum Gasteiger partial charge on any atom is -0.338 e. The predicted molar refractivity (Wildman–Crippen MR) is 69.8 cm³/mol. The molecule has 0 radical (unpaired) electrons. The molecule has 0 bridgehead atoms. The molecule has 1 heterocycles. The van der Waals surface area contributed by atoms with Gasteiger partial charge in [0.25, 0.3) is 0 Å². The Kier molecular flexibility index (Phi) is 4.44. The molecule has 20 heavy (non-hydrogen) atoms. The van der Waals surface area contributed by atoms with Gasteiger partial charge in [-0.1, -0.05) is 19.0 Å². The zero-order chi connectivity index (χ0) is 14.7. The van der Waals surface area contributed by atoms with Crippen molar-refractivity contribution in [3.63, 3.8) is 0 Å². The van der Waals surface area contributed by atoms with Crippen LogP contribution in [0.1, 0.15) is 43.6 Å². The van der Waals surface area contributed by atoms with Crippen molar-refractivity contribution < 1.29 is 13.3 Å². The second kappa shape index (κ2) is 6.09. The third-order valence-corrected chi connectivity index (χ3v) is 2.81. The molecule has 2 aromatic rings. The predicted octanol–water partition coefficient (Wildman–Crippen LogP) is 2.98. The van der Waals surface area contributed by atoms with Crippen LogP contribution < -0.4 is 5.73 Å². The molecule has 1 atom stereocenters. The third kappa shape index (κ3) is 3.84. The molecule has 2 N–H and O–H groups in total. The lowest BCUT2D eigenvalue weighted by Crippen LogP contribution is -2.13. The Morgan fingerprint density at radius 3 is 2.45 bits per heavy atom. The van der Waals surface area contributed by atoms with Crippen molar-refractivity contribution in [2.24, 2.45) is 11.7 Å². The van der Waals surface area contributed by atoms with Crippen molar-refractivity contribution in [3.05, 3.63) is 47.1 Å². The summed E-state index contributed by atoms with van der Waals surface area (Å²) in [6.45, 7) is 4.10. The van der Waals surface area contributed by atoms with Crippen LogP contribution in [-0.2, 0) is 6.42 Å². The molecule has 0 amide bonds. The monoisotopic (exact) mass is 281 g/mol. The standard InChI is InChI=1S/C14H17F2N3O/c1-8(2)3-12(17)14-18-13(19-20-14)6-9-4-10(15)7-11(16)5-9/h4-5,7-8,12H,3,6,17H2,1-2H3/t12-/m1/s1. The Labute approximate surface area is 116 Å². The van der Waals surface area contributed by atoms with E-state index in [0.717, 1.165) is 12.5 Å². The van der Waals surface area contributed by atoms with Gasteiger partial charge in [0, 0.05) is 12.5 Å². The van der Waals surface area contributed by atoms with Gasteiger partial charge in [-0.25, -0.2) is 8.78 Å². The molecule has 0 unspecified atom stereocenters. The minimum atomic E-state index is -0.625. The number of benzene rings is 1. The van der Waals surface area contributed by atoms with E-state index in [1.54, 1.807) is 0 Å². The second-order valence-corrected chi connectivity index (χ2v) is 5.24. The van der Waals surface area contributed by atoms with Gasteiger partial charge in [0.05, 0.1) is 6.04 Å². The van der Waals surface area contributed by atoms with Crippen LogP contribution in [0.2, 0.25) is 0 Å². The first kappa shape index (κ1) is 14.6. The molecule has 0 aliphatic heterocycles. The molecule has 0 saturated carbocycles. The number of halogens is 2. The Morgan fingerprint density at radius 1 is 1.20 bits per heavy atom. The second-order valence-electron chi connectivity index (χ2n) is 5.24. The molecule has 1 aromatic carbocycles. The van der Waals surface area contributed by atoms with E-state index < -0.39 is 11.6 Å². The molecule has 0 saturated heterocycles. The van der Waals surface area contributed by atoms with Gasteiger partial charge >= 0.3 is 0 Å². The largest absolute Gasteiger partial charge is 0.338 e. The first-order chi connectivity index (χ1) is 9.44. The van der Waals surface area contributed by atoms with Gasteiger partial charge in [-0.2, -0.15) is 4.98 Å². The van der Waals surface area contributed by atoms with Crippen molar-refractivity contribution in [3.8, 4) is 0 Å². The number of rotatable bonds is 5. The normalized spacial score (nSPS) is 12.9. The highest BCUT2D eigenvalue weighted by atomic mass is 19.1. The summed E-state index contributed by atoms with van der Waals surface area (Å²) >= 11 is 0. The average Bonchev–Trinajstić information content (AvgIpc) is 2.75. The Balaban J connectivity index is 2.09. The van der Waals surface area contributed by atoms with E-state index in [-0.39, 0.29) is 12.5 Å². The minimum absolute atomic E-state index is 0.201. The topological polar surface area (TPSA) is 64.9 Å². The summed E-state index contributed by atoms with van der Waals surface area (Å²) in [5.41, 5.74) is 6.39. The summed E-state index contributed by atoms with van der Waals surface area (Å²) in [7, 11) is 0. The Bertz CT molecular complexity index is 563. The summed E-state index contributed by atoms with van der Waals surface area (Å²) in [5, 5.41) is 3.79. The van der Waals surface area contributed by atoms with Crippen LogP contribution in [0.25, 0.3) is 0 Å². The molecule has 4 nitrogen and oxygen atoms in total. The van der Waals surface area contributed by atoms with Crippen molar-refractivity contribution in [2.45, 2.75) is 32.7 Å². The van der Waals surface area contributed by atoms with E-state index in [1.165, 1.54) is 12.1 Å². The highest BCUT2D eigenvalue weighted by Crippen LogP contribution is 2.18. The van der Waals surface area contributed by atoms with Crippen molar-refractivity contribution in [2.75, 3.05) is 0 Å². The molecular weight excluding hydrogens is 264 g/mol. The first-order valence-electron chi connectivity index (χ1n) is 6.47. The van der Waals surface area contributed by atoms with Crippen LogP contribution in [-0.4, -0.2) is 10.1 Å². The van der Waals surface area contributed by atoms with Crippen molar-refractivity contribution in [1.82, 2.24) is 10.1 Å². The fourth-order valence-electron chi connectivity index (χ4n) is 1.99. The zero-order valence-electron chi connectivity index (χ0n) is 11.4. The van der Waals surface area contributed by atoms with Crippen LogP contribution in [0.15, 0.2) is 22.7 Å². The van der Waals surface area contributed by atoms with E-state index in [9.17, 15) is 8.78 Å². The van der Waals surface area contributed by atoms with Crippen LogP contribution >= 0.6 is 0 Å². The van der Waals surface area contributed by atoms with Gasteiger partial charge < -0.3 is 10.3 Å². The number of nitrogens with two attached hydrogens (primary N) is 1. The summed E-state index contributed by atoms with van der Waals surface area (Å²) in [5.74, 6) is -0.118. The first-order valence-corrected chi connectivity index (χ1v) is 6.47. The molecular formula is C14H17F2N3O. The molecule has 0 aliphatic rings. The van der Waals surface area contributed by atoms with Crippen LogP contribution in [0.5, 0.6) is 0 Å². The fraction of sp³-hybridized carbons (Fsp3) is 0.429. The SMILES string of the molecule is CC(C)C[C@@H](N)c1nc(Cc2cc(F)cc(F)c2)no1. The van der Waals surface area contributed by atoms with Gasteiger partial charge in [0.1, 0.15) is 11.6 Å². The molecule has 6 heteroatoms. The summed E-state index contributed by atoms with van der Waals surface area (Å²) in [6.07, 6.45) is 0.933. The lowest BCUT2D eigenvalue weighted by Gasteiger charge is -2.08. The maximum atomic E-state index is 13.1. The van der Waals surface area contributed by atoms with Gasteiger partial charge in [0.15, 0.2) is 5.82 Å². The quantitative estimate of drug-likeness (QED) is 0.915. The Morgan fingerprint density at radius 2 is 1.85 bits per heavy atom. The van der Waals surface area contributed by atoms with Gasteiger partial charge in [-0.3, -0.25) is 0 Å². The lowest BCUT2D eigenvalue weighted by molar-refractivity contribution is 0.333. The highest BCUT2D eigenvalue weighted by Gasteiger charge is 2.16. The maximum Gasteiger partial charge on any atom is 0.243 e. The summed E-state index contributed by atoms with van der Waals surface area (Å²) in [4.78, 5) is 4.17. The van der Waals surface area contributed by atoms with E-state index in [4.69, 9.17) is 10.3 Å². The van der Waals surface area contributed by atoms with Gasteiger partial charge in [0.2, 0.25) is 5.89 Å². The Hall–Kier alpha value is -1.82. The van der Waals surface area contributed by atoms with Gasteiger partial charge in [-0.05, 0) is 30.0 Å². The molecule has 0 fully saturated rings. The van der Waals surface area contributed by atoms with E-state index >= 15 is 0 Å². The number of hydrogen-bond donors (Lipinski definition) is 1. The number of aromatic nitrogens is 2. The van der Waals surface area contributed by atoms with E-state index in [1.807, 2.05) is 13.8 Å². The van der Waals surface area contributed by atoms with Crippen LogP contribution in [0.3, 0.4) is 0 Å². The lowest BCUT2D eigenvalue weighted by atomic mass is 10.0. The fourth-order valence-corrected chi connectivity index (χ4v) is 1.99. The van der Waals surface area contributed by atoms with Crippen molar-refractivity contribution >= 4 is 0 Å². The number of nitrogens with zero attached hydrogens (tertiary/aromatic N) is 2. The smallest absolute Gasteiger partial charge is 0.243 e. The summed E-state index contributed by atoms with van der Waals surface area (Å²) < 4.78 is 31.3. The highest BCUT2D eigenvalue weighted by molar-refractivity contribution is 5.21. The maximum absolute atomic E-state index is 13.1. The van der Waals surface area contributed by atoms with Crippen LogP contribution in [0, 0.1) is 17.6 Å². The number of hydrogen-bond acceptors (Lipinski definition) is 4. The van der Waals surface area contributed by atoms with Gasteiger partial charge in [-0.15, -0.1) is 0 Å². The molecule has 1 aromatic heterocycles. The van der Waals surface area contributed by atoms with E-state index in [2.05, 4.69) is 10.1 Å².